The number of hydrogen-bond acceptors (Lipinski definition) is 7. The number of nitrogens with zero attached hydrogens (tertiary/aromatic N) is 3. The number of carboxylic acid groups (broad SMARTS) is 1. The molecule has 3 aromatic rings. The maximum absolute atomic E-state index is 11.5. The fourth-order valence-electron chi connectivity index (χ4n) is 3.62. The maximum Gasteiger partial charge on any atom is 0.226 e. The first-order valence-electron chi connectivity index (χ1n) is 10.2. The lowest BCUT2D eigenvalue weighted by Gasteiger charge is -2.26. The Hall–Kier alpha value is -3.20. The van der Waals surface area contributed by atoms with Gasteiger partial charge in [0.05, 0.1) is 43.2 Å². The largest absolute Gasteiger partial charge is 0.545 e. The molecule has 1 fully saturated rings. The van der Waals surface area contributed by atoms with E-state index in [-0.39, 0.29) is 18.1 Å². The molecule has 0 saturated carbocycles. The highest BCUT2D eigenvalue weighted by Gasteiger charge is 2.17. The summed E-state index contributed by atoms with van der Waals surface area (Å²) in [5.41, 5.74) is 3.29. The van der Waals surface area contributed by atoms with E-state index in [0.717, 1.165) is 29.8 Å². The minimum absolute atomic E-state index is 0.0484. The highest BCUT2D eigenvalue weighted by atomic mass is 16.5. The van der Waals surface area contributed by atoms with Crippen LogP contribution in [0.15, 0.2) is 54.7 Å². The van der Waals surface area contributed by atoms with E-state index < -0.39 is 5.97 Å². The van der Waals surface area contributed by atoms with Gasteiger partial charge in [-0.2, -0.15) is 5.10 Å². The van der Waals surface area contributed by atoms with Gasteiger partial charge in [0.1, 0.15) is 6.61 Å². The van der Waals surface area contributed by atoms with Gasteiger partial charge in [0, 0.05) is 19.6 Å². The number of carbonyl (C=O) groups is 1. The molecule has 0 atom stereocenters. The molecule has 1 aromatic heterocycles. The Labute approximate surface area is 180 Å². The SMILES string of the molecule is O=C([O-])c1cnn(-c2ccc(-c3ccccc3CO)cc2)c1OCCN1CCOCC1. The molecule has 2 aromatic carbocycles. The predicted molar refractivity (Wildman–Crippen MR) is 112 cm³/mol. The van der Waals surface area contributed by atoms with Gasteiger partial charge in [-0.1, -0.05) is 36.4 Å². The van der Waals surface area contributed by atoms with Crippen LogP contribution in [-0.2, 0) is 11.3 Å². The van der Waals surface area contributed by atoms with Crippen LogP contribution in [0.25, 0.3) is 16.8 Å². The highest BCUT2D eigenvalue weighted by Crippen LogP contribution is 2.27. The summed E-state index contributed by atoms with van der Waals surface area (Å²) in [7, 11) is 0. The molecule has 2 heterocycles. The van der Waals surface area contributed by atoms with Crippen LogP contribution in [0, 0.1) is 0 Å². The lowest BCUT2D eigenvalue weighted by molar-refractivity contribution is -0.255. The molecule has 0 aliphatic carbocycles. The molecular formula is C23H24N3O5-. The molecule has 8 heteroatoms. The van der Waals surface area contributed by atoms with Gasteiger partial charge in [-0.3, -0.25) is 4.90 Å². The Morgan fingerprint density at radius 3 is 2.58 bits per heavy atom. The number of morpholine rings is 1. The van der Waals surface area contributed by atoms with Crippen molar-refractivity contribution in [3.8, 4) is 22.7 Å². The summed E-state index contributed by atoms with van der Waals surface area (Å²) in [5, 5.41) is 25.3. The van der Waals surface area contributed by atoms with Gasteiger partial charge in [-0.15, -0.1) is 0 Å². The van der Waals surface area contributed by atoms with Gasteiger partial charge in [0.25, 0.3) is 0 Å². The molecule has 1 aliphatic rings. The van der Waals surface area contributed by atoms with Crippen molar-refractivity contribution in [3.05, 3.63) is 65.9 Å². The second-order valence-corrected chi connectivity index (χ2v) is 7.23. The third kappa shape index (κ3) is 4.77. The minimum atomic E-state index is -1.33. The summed E-state index contributed by atoms with van der Waals surface area (Å²) in [5.74, 6) is -1.18. The number of benzene rings is 2. The number of aliphatic hydroxyl groups is 1. The van der Waals surface area contributed by atoms with E-state index in [1.165, 1.54) is 10.9 Å². The van der Waals surface area contributed by atoms with Crippen LogP contribution < -0.4 is 9.84 Å². The molecule has 0 bridgehead atoms. The number of aromatic carboxylic acids is 1. The fourth-order valence-corrected chi connectivity index (χ4v) is 3.62. The van der Waals surface area contributed by atoms with Gasteiger partial charge >= 0.3 is 0 Å². The summed E-state index contributed by atoms with van der Waals surface area (Å²) in [6.07, 6.45) is 1.24. The zero-order chi connectivity index (χ0) is 21.6. The van der Waals surface area contributed by atoms with Gasteiger partial charge in [0.15, 0.2) is 0 Å². The molecule has 0 amide bonds. The van der Waals surface area contributed by atoms with Crippen LogP contribution in [-0.4, -0.2) is 65.2 Å². The standard InChI is InChI=1S/C23H25N3O5/c27-16-18-3-1-2-4-20(18)17-5-7-19(8-6-17)26-22(21(15-24-26)23(28)29)31-14-11-25-9-12-30-13-10-25/h1-8,15,27H,9-14,16H2,(H,28,29)/p-1. The zero-order valence-corrected chi connectivity index (χ0v) is 17.1. The maximum atomic E-state index is 11.5. The Kier molecular flexibility index (Phi) is 6.61. The van der Waals surface area contributed by atoms with E-state index in [1.807, 2.05) is 48.5 Å². The first-order valence-corrected chi connectivity index (χ1v) is 10.2. The quantitative estimate of drug-likeness (QED) is 0.580. The van der Waals surface area contributed by atoms with Crippen LogP contribution in [0.2, 0.25) is 0 Å². The van der Waals surface area contributed by atoms with E-state index in [1.54, 1.807) is 0 Å². The van der Waals surface area contributed by atoms with Crippen molar-refractivity contribution in [1.29, 1.82) is 0 Å². The second kappa shape index (κ2) is 9.74. The first-order chi connectivity index (χ1) is 15.2. The third-order valence-corrected chi connectivity index (χ3v) is 5.31. The average molecular weight is 422 g/mol. The van der Waals surface area contributed by atoms with Crippen LogP contribution in [0.1, 0.15) is 15.9 Å². The van der Waals surface area contributed by atoms with Crippen molar-refractivity contribution in [1.82, 2.24) is 14.7 Å². The molecule has 0 unspecified atom stereocenters. The molecule has 31 heavy (non-hydrogen) atoms. The van der Waals surface area contributed by atoms with Crippen molar-refractivity contribution in [2.24, 2.45) is 0 Å². The Balaban J connectivity index is 1.55. The van der Waals surface area contributed by atoms with Crippen molar-refractivity contribution >= 4 is 5.97 Å². The normalized spacial score (nSPS) is 14.5. The van der Waals surface area contributed by atoms with Crippen molar-refractivity contribution < 1.29 is 24.5 Å². The molecule has 162 valence electrons. The minimum Gasteiger partial charge on any atom is -0.545 e. The number of ether oxygens (including phenoxy) is 2. The van der Waals surface area contributed by atoms with E-state index in [0.29, 0.717) is 32.1 Å². The number of carboxylic acids is 1. The monoisotopic (exact) mass is 422 g/mol. The fraction of sp³-hybridized carbons (Fsp3) is 0.304. The smallest absolute Gasteiger partial charge is 0.226 e. The Morgan fingerprint density at radius 1 is 1.13 bits per heavy atom. The second-order valence-electron chi connectivity index (χ2n) is 7.23. The van der Waals surface area contributed by atoms with E-state index in [2.05, 4.69) is 10.00 Å². The molecular weight excluding hydrogens is 398 g/mol. The molecule has 1 aliphatic heterocycles. The third-order valence-electron chi connectivity index (χ3n) is 5.31. The molecule has 1 N–H and O–H groups in total. The van der Waals surface area contributed by atoms with E-state index in [4.69, 9.17) is 9.47 Å². The average Bonchev–Trinajstić information content (AvgIpc) is 3.24. The highest BCUT2D eigenvalue weighted by molar-refractivity contribution is 5.88. The summed E-state index contributed by atoms with van der Waals surface area (Å²) >= 11 is 0. The number of hydrogen-bond donors (Lipinski definition) is 1. The van der Waals surface area contributed by atoms with Crippen LogP contribution in [0.4, 0.5) is 0 Å². The van der Waals surface area contributed by atoms with Gasteiger partial charge in [-0.05, 0) is 28.8 Å². The van der Waals surface area contributed by atoms with Crippen molar-refractivity contribution in [2.75, 3.05) is 39.5 Å². The summed E-state index contributed by atoms with van der Waals surface area (Å²) < 4.78 is 12.6. The molecule has 1 saturated heterocycles. The molecule has 0 spiro atoms. The molecule has 8 nitrogen and oxygen atoms in total. The lowest BCUT2D eigenvalue weighted by Crippen LogP contribution is -2.38. The van der Waals surface area contributed by atoms with Gasteiger partial charge in [-0.25, -0.2) is 4.68 Å². The number of aromatic nitrogens is 2. The van der Waals surface area contributed by atoms with E-state index >= 15 is 0 Å². The first kappa shape index (κ1) is 21.0. The summed E-state index contributed by atoms with van der Waals surface area (Å²) in [6.45, 7) is 3.97. The van der Waals surface area contributed by atoms with E-state index in [9.17, 15) is 15.0 Å². The summed E-state index contributed by atoms with van der Waals surface area (Å²) in [4.78, 5) is 13.8. The zero-order valence-electron chi connectivity index (χ0n) is 17.1. The topological polar surface area (TPSA) is 99.9 Å². The van der Waals surface area contributed by atoms with Crippen LogP contribution >= 0.6 is 0 Å². The Bertz CT molecular complexity index is 1030. The number of carbonyl (C=O) groups excluding carboxylic acids is 1. The van der Waals surface area contributed by atoms with Gasteiger partial charge in [0.2, 0.25) is 5.88 Å². The van der Waals surface area contributed by atoms with Gasteiger partial charge < -0.3 is 24.5 Å². The Morgan fingerprint density at radius 2 is 1.87 bits per heavy atom. The van der Waals surface area contributed by atoms with Crippen molar-refractivity contribution in [3.63, 3.8) is 0 Å². The molecule has 4 rings (SSSR count). The predicted octanol–water partition coefficient (Wildman–Crippen LogP) is 1.11. The lowest BCUT2D eigenvalue weighted by atomic mass is 10.00. The molecule has 0 radical (unpaired) electrons. The van der Waals surface area contributed by atoms with Crippen LogP contribution in [0.5, 0.6) is 5.88 Å². The number of aliphatic hydroxyl groups excluding tert-OH is 1. The van der Waals surface area contributed by atoms with Crippen molar-refractivity contribution in [2.45, 2.75) is 6.61 Å². The summed E-state index contributed by atoms with van der Waals surface area (Å²) in [6, 6.07) is 15.1. The van der Waals surface area contributed by atoms with Crippen LogP contribution in [0.3, 0.4) is 0 Å². The number of rotatable bonds is 8.